The van der Waals surface area contributed by atoms with Gasteiger partial charge in [-0.2, -0.15) is 0 Å². The summed E-state index contributed by atoms with van der Waals surface area (Å²) in [6.07, 6.45) is 4.86. The average molecular weight is 347 g/mol. The highest BCUT2D eigenvalue weighted by molar-refractivity contribution is 5.81. The van der Waals surface area contributed by atoms with Crippen LogP contribution in [0.4, 0.5) is 0 Å². The van der Waals surface area contributed by atoms with Crippen LogP contribution < -0.4 is 5.32 Å². The Morgan fingerprint density at radius 2 is 1.67 bits per heavy atom. The molecule has 1 heterocycles. The summed E-state index contributed by atoms with van der Waals surface area (Å²) < 4.78 is 0. The molecule has 0 aromatic rings. The first-order chi connectivity index (χ1) is 11.5. The lowest BCUT2D eigenvalue weighted by Gasteiger charge is -2.28. The van der Waals surface area contributed by atoms with E-state index in [4.69, 9.17) is 19.8 Å². The first-order valence-electron chi connectivity index (χ1n) is 8.38. The van der Waals surface area contributed by atoms with Gasteiger partial charge in [0.15, 0.2) is 0 Å². The number of rotatable bonds is 7. The molecule has 1 rings (SSSR count). The molecule has 142 valence electrons. The lowest BCUT2D eigenvalue weighted by atomic mass is 10.1. The summed E-state index contributed by atoms with van der Waals surface area (Å²) in [5.41, 5.74) is 0. The van der Waals surface area contributed by atoms with Crippen molar-refractivity contribution in [3.63, 3.8) is 0 Å². The second-order valence-corrected chi connectivity index (χ2v) is 5.40. The number of hydrogen-bond acceptors (Lipinski definition) is 5. The normalized spacial score (nSPS) is 15.2. The smallest absolute Gasteiger partial charge is 0.290 e. The van der Waals surface area contributed by atoms with E-state index >= 15 is 0 Å². The van der Waals surface area contributed by atoms with Crippen molar-refractivity contribution in [1.29, 1.82) is 0 Å². The molecule has 1 unspecified atom stereocenters. The standard InChI is InChI=1S/C14H29N3O.2CH2O2/c1-4-13(16(3)5-2)14(18)15-9-12-17-10-7-6-8-11-17;2*2-1-3/h13H,4-12H2,1-3H3,(H,15,18);2*1H,(H,2,3). The van der Waals surface area contributed by atoms with E-state index in [9.17, 15) is 4.79 Å². The van der Waals surface area contributed by atoms with Crippen molar-refractivity contribution in [2.75, 3.05) is 39.8 Å². The molecule has 3 N–H and O–H groups in total. The van der Waals surface area contributed by atoms with Crippen LogP contribution in [0.3, 0.4) is 0 Å². The molecule has 24 heavy (non-hydrogen) atoms. The predicted molar refractivity (Wildman–Crippen MR) is 93.1 cm³/mol. The van der Waals surface area contributed by atoms with Crippen LogP contribution in [0.1, 0.15) is 39.5 Å². The molecule has 1 aliphatic heterocycles. The van der Waals surface area contributed by atoms with Crippen LogP contribution in [0.5, 0.6) is 0 Å². The van der Waals surface area contributed by atoms with Gasteiger partial charge in [-0.15, -0.1) is 0 Å². The largest absolute Gasteiger partial charge is 0.483 e. The zero-order valence-electron chi connectivity index (χ0n) is 15.1. The number of hydrogen-bond donors (Lipinski definition) is 3. The number of carboxylic acid groups (broad SMARTS) is 2. The molecule has 1 atom stereocenters. The highest BCUT2D eigenvalue weighted by Crippen LogP contribution is 2.07. The topological polar surface area (TPSA) is 110 Å². The third-order valence-electron chi connectivity index (χ3n) is 3.90. The molecule has 0 spiro atoms. The van der Waals surface area contributed by atoms with Crippen LogP contribution in [-0.4, -0.2) is 84.7 Å². The third kappa shape index (κ3) is 12.8. The zero-order chi connectivity index (χ0) is 18.8. The van der Waals surface area contributed by atoms with Crippen LogP contribution in [0.2, 0.25) is 0 Å². The Balaban J connectivity index is 0. The number of amides is 1. The second-order valence-electron chi connectivity index (χ2n) is 5.40. The van der Waals surface area contributed by atoms with Gasteiger partial charge in [0.2, 0.25) is 5.91 Å². The Kier molecular flexibility index (Phi) is 18.1. The van der Waals surface area contributed by atoms with E-state index in [2.05, 4.69) is 29.0 Å². The van der Waals surface area contributed by atoms with Gasteiger partial charge in [0.05, 0.1) is 6.04 Å². The molecule has 1 aliphatic rings. The minimum Gasteiger partial charge on any atom is -0.483 e. The van der Waals surface area contributed by atoms with Gasteiger partial charge in [-0.3, -0.25) is 19.3 Å². The van der Waals surface area contributed by atoms with E-state index in [1.54, 1.807) is 0 Å². The number of nitrogens with one attached hydrogen (secondary N) is 1. The van der Waals surface area contributed by atoms with Crippen molar-refractivity contribution in [2.24, 2.45) is 0 Å². The minimum atomic E-state index is -0.250. The molecular weight excluding hydrogens is 314 g/mol. The van der Waals surface area contributed by atoms with E-state index in [0.29, 0.717) is 0 Å². The number of nitrogens with zero attached hydrogens (tertiary/aromatic N) is 2. The molecule has 1 fully saturated rings. The van der Waals surface area contributed by atoms with Gasteiger partial charge in [-0.25, -0.2) is 0 Å². The highest BCUT2D eigenvalue weighted by Gasteiger charge is 2.19. The van der Waals surface area contributed by atoms with E-state index in [1.807, 2.05) is 7.05 Å². The molecule has 0 aromatic carbocycles. The number of likely N-dealkylation sites (tertiary alicyclic amines) is 1. The van der Waals surface area contributed by atoms with Crippen LogP contribution in [-0.2, 0) is 14.4 Å². The Morgan fingerprint density at radius 3 is 2.08 bits per heavy atom. The van der Waals surface area contributed by atoms with Gasteiger partial charge < -0.3 is 20.4 Å². The molecule has 1 saturated heterocycles. The summed E-state index contributed by atoms with van der Waals surface area (Å²) in [5, 5.41) is 16.9. The number of carbonyl (C=O) groups excluding carboxylic acids is 1. The fourth-order valence-corrected chi connectivity index (χ4v) is 2.56. The van der Waals surface area contributed by atoms with Gasteiger partial charge >= 0.3 is 0 Å². The molecule has 8 heteroatoms. The predicted octanol–water partition coefficient (Wildman–Crippen LogP) is 0.720. The van der Waals surface area contributed by atoms with Crippen molar-refractivity contribution in [3.8, 4) is 0 Å². The maximum atomic E-state index is 12.0. The van der Waals surface area contributed by atoms with E-state index in [0.717, 1.165) is 26.1 Å². The summed E-state index contributed by atoms with van der Waals surface area (Å²) in [5.74, 6) is 0.179. The Hall–Kier alpha value is -1.67. The quantitative estimate of drug-likeness (QED) is 0.582. The summed E-state index contributed by atoms with van der Waals surface area (Å²) in [4.78, 5) is 33.3. The molecule has 0 aromatic heterocycles. The number of likely N-dealkylation sites (N-methyl/N-ethyl adjacent to an activating group) is 1. The molecule has 8 nitrogen and oxygen atoms in total. The first-order valence-corrected chi connectivity index (χ1v) is 8.38. The van der Waals surface area contributed by atoms with Gasteiger partial charge in [-0.1, -0.05) is 20.3 Å². The summed E-state index contributed by atoms with van der Waals surface area (Å²) in [7, 11) is 2.01. The van der Waals surface area contributed by atoms with Crippen molar-refractivity contribution in [1.82, 2.24) is 15.1 Å². The molecule has 0 bridgehead atoms. The maximum absolute atomic E-state index is 12.0. The monoisotopic (exact) mass is 347 g/mol. The lowest BCUT2D eigenvalue weighted by molar-refractivity contribution is -0.126. The fraction of sp³-hybridized carbons (Fsp3) is 0.812. The van der Waals surface area contributed by atoms with Crippen molar-refractivity contribution < 1.29 is 24.6 Å². The van der Waals surface area contributed by atoms with Crippen molar-refractivity contribution >= 4 is 18.9 Å². The summed E-state index contributed by atoms with van der Waals surface area (Å²) >= 11 is 0. The first kappa shape index (κ1) is 24.6. The molecule has 0 saturated carbocycles. The van der Waals surface area contributed by atoms with Gasteiger partial charge in [-0.05, 0) is 45.9 Å². The van der Waals surface area contributed by atoms with E-state index in [1.165, 1.54) is 32.4 Å². The molecular formula is C16H33N3O5. The third-order valence-corrected chi connectivity index (χ3v) is 3.90. The average Bonchev–Trinajstić information content (AvgIpc) is 2.57. The summed E-state index contributed by atoms with van der Waals surface area (Å²) in [6, 6.07) is 0.0244. The second kappa shape index (κ2) is 17.7. The van der Waals surface area contributed by atoms with Crippen LogP contribution >= 0.6 is 0 Å². The summed E-state index contributed by atoms with van der Waals surface area (Å²) in [6.45, 7) is 8.75. The minimum absolute atomic E-state index is 0.0244. The van der Waals surface area contributed by atoms with E-state index < -0.39 is 0 Å². The van der Waals surface area contributed by atoms with Gasteiger partial charge in [0.25, 0.3) is 12.9 Å². The molecule has 1 amide bonds. The lowest BCUT2D eigenvalue weighted by Crippen LogP contribution is -2.47. The Morgan fingerprint density at radius 1 is 1.17 bits per heavy atom. The SMILES string of the molecule is CCC(C(=O)NCCN1CCCCC1)N(C)CC.O=CO.O=CO. The number of piperidine rings is 1. The highest BCUT2D eigenvalue weighted by atomic mass is 16.3. The number of carbonyl (C=O) groups is 3. The van der Waals surface area contributed by atoms with Crippen molar-refractivity contribution in [3.05, 3.63) is 0 Å². The zero-order valence-corrected chi connectivity index (χ0v) is 15.1. The van der Waals surface area contributed by atoms with Crippen molar-refractivity contribution in [2.45, 2.75) is 45.6 Å². The van der Waals surface area contributed by atoms with Gasteiger partial charge in [0.1, 0.15) is 0 Å². The Labute approximate surface area is 144 Å². The van der Waals surface area contributed by atoms with E-state index in [-0.39, 0.29) is 24.9 Å². The fourth-order valence-electron chi connectivity index (χ4n) is 2.56. The van der Waals surface area contributed by atoms with Crippen LogP contribution in [0, 0.1) is 0 Å². The van der Waals surface area contributed by atoms with Crippen LogP contribution in [0.25, 0.3) is 0 Å². The van der Waals surface area contributed by atoms with Gasteiger partial charge in [0, 0.05) is 13.1 Å². The maximum Gasteiger partial charge on any atom is 0.290 e. The van der Waals surface area contributed by atoms with Crippen LogP contribution in [0.15, 0.2) is 0 Å². The molecule has 0 aliphatic carbocycles. The Bertz CT molecular complexity index is 317. The molecule has 0 radical (unpaired) electrons.